The molecule has 106 valence electrons. The smallest absolute Gasteiger partial charge is 0.323 e. The van der Waals surface area contributed by atoms with Gasteiger partial charge in [0.1, 0.15) is 6.04 Å². The van der Waals surface area contributed by atoms with Crippen LogP contribution in [0.15, 0.2) is 24.3 Å². The zero-order valence-electron chi connectivity index (χ0n) is 12.6. The third kappa shape index (κ3) is 4.67. The van der Waals surface area contributed by atoms with Gasteiger partial charge < -0.3 is 10.1 Å². The van der Waals surface area contributed by atoms with E-state index in [-0.39, 0.29) is 17.9 Å². The largest absolute Gasteiger partial charge is 0.468 e. The Labute approximate surface area is 116 Å². The van der Waals surface area contributed by atoms with Gasteiger partial charge >= 0.3 is 5.97 Å². The summed E-state index contributed by atoms with van der Waals surface area (Å²) in [7, 11) is 1.43. The fourth-order valence-corrected chi connectivity index (χ4v) is 1.97. The number of hydrogen-bond acceptors (Lipinski definition) is 3. The molecule has 3 heteroatoms. The van der Waals surface area contributed by atoms with Crippen LogP contribution in [0.5, 0.6) is 0 Å². The van der Waals surface area contributed by atoms with Gasteiger partial charge in [-0.25, -0.2) is 0 Å². The highest BCUT2D eigenvalue weighted by atomic mass is 16.5. The van der Waals surface area contributed by atoms with Crippen LogP contribution in [0.2, 0.25) is 0 Å². The molecule has 1 unspecified atom stereocenters. The Kier molecular flexibility index (Phi) is 6.03. The molecule has 0 spiro atoms. The van der Waals surface area contributed by atoms with Gasteiger partial charge in [0.15, 0.2) is 0 Å². The minimum absolute atomic E-state index is 0.200. The van der Waals surface area contributed by atoms with Crippen LogP contribution in [0.25, 0.3) is 0 Å². The summed E-state index contributed by atoms with van der Waals surface area (Å²) in [5.41, 5.74) is 2.51. The second-order valence-corrected chi connectivity index (χ2v) is 5.52. The van der Waals surface area contributed by atoms with Crippen molar-refractivity contribution in [3.8, 4) is 0 Å². The Morgan fingerprint density at radius 1 is 1.16 bits per heavy atom. The predicted molar refractivity (Wildman–Crippen MR) is 78.0 cm³/mol. The molecule has 1 rings (SSSR count). The maximum Gasteiger partial charge on any atom is 0.323 e. The van der Waals surface area contributed by atoms with Crippen LogP contribution in [0.4, 0.5) is 0 Å². The second kappa shape index (κ2) is 7.29. The number of carbonyl (C=O) groups is 1. The normalized spacial score (nSPS) is 12.8. The minimum Gasteiger partial charge on any atom is -0.468 e. The van der Waals surface area contributed by atoms with E-state index in [1.165, 1.54) is 18.2 Å². The molecule has 1 N–H and O–H groups in total. The highest BCUT2D eigenvalue weighted by molar-refractivity contribution is 5.75. The van der Waals surface area contributed by atoms with Crippen molar-refractivity contribution in [2.24, 2.45) is 5.92 Å². The van der Waals surface area contributed by atoms with E-state index >= 15 is 0 Å². The average molecular weight is 263 g/mol. The topological polar surface area (TPSA) is 38.3 Å². The summed E-state index contributed by atoms with van der Waals surface area (Å²) >= 11 is 0. The summed E-state index contributed by atoms with van der Waals surface area (Å²) in [6.07, 6.45) is 0. The molecule has 0 bridgehead atoms. The molecule has 0 amide bonds. The molecular formula is C16H25NO2. The van der Waals surface area contributed by atoms with Crippen molar-refractivity contribution in [2.45, 2.75) is 46.2 Å². The zero-order chi connectivity index (χ0) is 14.4. The number of hydrogen-bond donors (Lipinski definition) is 1. The maximum absolute atomic E-state index is 11.6. The molecular weight excluding hydrogens is 238 g/mol. The number of methoxy groups -OCH3 is 1. The molecule has 0 aliphatic heterocycles. The lowest BCUT2D eigenvalue weighted by molar-refractivity contribution is -0.144. The number of esters is 1. The third-order valence-electron chi connectivity index (χ3n) is 3.29. The summed E-state index contributed by atoms with van der Waals surface area (Å²) in [4.78, 5) is 11.6. The molecule has 0 radical (unpaired) electrons. The molecule has 3 nitrogen and oxygen atoms in total. The number of benzene rings is 1. The molecule has 0 aliphatic carbocycles. The summed E-state index contributed by atoms with van der Waals surface area (Å²) in [5.74, 6) is 0.552. The molecule has 19 heavy (non-hydrogen) atoms. The van der Waals surface area contributed by atoms with Crippen molar-refractivity contribution in [1.29, 1.82) is 0 Å². The van der Waals surface area contributed by atoms with E-state index in [4.69, 9.17) is 4.74 Å². The number of carbonyl (C=O) groups excluding carboxylic acids is 1. The third-order valence-corrected chi connectivity index (χ3v) is 3.29. The SMILES string of the molecule is COC(=O)C(NCc1ccc(C(C)C)cc1)C(C)C. The van der Waals surface area contributed by atoms with Crippen LogP contribution < -0.4 is 5.32 Å². The van der Waals surface area contributed by atoms with Crippen molar-refractivity contribution < 1.29 is 9.53 Å². The summed E-state index contributed by atoms with van der Waals surface area (Å²) < 4.78 is 4.81. The van der Waals surface area contributed by atoms with Gasteiger partial charge in [0.25, 0.3) is 0 Å². The van der Waals surface area contributed by atoms with Crippen molar-refractivity contribution in [3.63, 3.8) is 0 Å². The molecule has 1 aromatic carbocycles. The standard InChI is InChI=1S/C16H25NO2/c1-11(2)14-8-6-13(7-9-14)10-17-15(12(3)4)16(18)19-5/h6-9,11-12,15,17H,10H2,1-5H3. The molecule has 0 aliphatic rings. The van der Waals surface area contributed by atoms with Gasteiger partial charge in [0, 0.05) is 6.54 Å². The van der Waals surface area contributed by atoms with Crippen LogP contribution in [0.3, 0.4) is 0 Å². The molecule has 1 atom stereocenters. The zero-order valence-corrected chi connectivity index (χ0v) is 12.6. The predicted octanol–water partition coefficient (Wildman–Crippen LogP) is 3.10. The van der Waals surface area contributed by atoms with E-state index < -0.39 is 0 Å². The molecule has 0 saturated carbocycles. The molecule has 0 fully saturated rings. The highest BCUT2D eigenvalue weighted by Gasteiger charge is 2.21. The van der Waals surface area contributed by atoms with Gasteiger partial charge in [-0.2, -0.15) is 0 Å². The Bertz CT molecular complexity index is 396. The molecule has 0 heterocycles. The van der Waals surface area contributed by atoms with Crippen molar-refractivity contribution in [3.05, 3.63) is 35.4 Å². The molecule has 0 saturated heterocycles. The fourth-order valence-electron chi connectivity index (χ4n) is 1.97. The first-order chi connectivity index (χ1) is 8.95. The van der Waals surface area contributed by atoms with Gasteiger partial charge in [-0.1, -0.05) is 52.0 Å². The molecule has 1 aromatic rings. The molecule has 0 aromatic heterocycles. The van der Waals surface area contributed by atoms with E-state index in [1.807, 2.05) is 13.8 Å². The van der Waals surface area contributed by atoms with E-state index in [9.17, 15) is 4.79 Å². The van der Waals surface area contributed by atoms with Crippen LogP contribution in [0, 0.1) is 5.92 Å². The number of nitrogens with one attached hydrogen (secondary N) is 1. The lowest BCUT2D eigenvalue weighted by Crippen LogP contribution is -2.41. The Balaban J connectivity index is 2.61. The number of ether oxygens (including phenoxy) is 1. The van der Waals surface area contributed by atoms with Gasteiger partial charge in [-0.05, 0) is 23.0 Å². The highest BCUT2D eigenvalue weighted by Crippen LogP contribution is 2.15. The monoisotopic (exact) mass is 263 g/mol. The summed E-state index contributed by atoms with van der Waals surface area (Å²) in [5, 5.41) is 3.26. The van der Waals surface area contributed by atoms with Crippen LogP contribution in [0.1, 0.15) is 44.7 Å². The van der Waals surface area contributed by atoms with Crippen molar-refractivity contribution in [2.75, 3.05) is 7.11 Å². The summed E-state index contributed by atoms with van der Waals surface area (Å²) in [6, 6.07) is 8.25. The van der Waals surface area contributed by atoms with E-state index in [1.54, 1.807) is 0 Å². The van der Waals surface area contributed by atoms with Crippen LogP contribution in [-0.2, 0) is 16.1 Å². The quantitative estimate of drug-likeness (QED) is 0.801. The maximum atomic E-state index is 11.6. The van der Waals surface area contributed by atoms with Crippen LogP contribution >= 0.6 is 0 Å². The van der Waals surface area contributed by atoms with E-state index in [0.717, 1.165) is 0 Å². The fraction of sp³-hybridized carbons (Fsp3) is 0.562. The Morgan fingerprint density at radius 2 is 1.74 bits per heavy atom. The first kappa shape index (κ1) is 15.7. The summed E-state index contributed by atoms with van der Waals surface area (Å²) in [6.45, 7) is 9.06. The van der Waals surface area contributed by atoms with Gasteiger partial charge in [0.05, 0.1) is 7.11 Å². The van der Waals surface area contributed by atoms with Crippen molar-refractivity contribution >= 4 is 5.97 Å². The van der Waals surface area contributed by atoms with Crippen LogP contribution in [-0.4, -0.2) is 19.1 Å². The van der Waals surface area contributed by atoms with E-state index in [0.29, 0.717) is 12.5 Å². The first-order valence-corrected chi connectivity index (χ1v) is 6.85. The second-order valence-electron chi connectivity index (χ2n) is 5.52. The lowest BCUT2D eigenvalue weighted by Gasteiger charge is -2.20. The minimum atomic E-state index is -0.255. The first-order valence-electron chi connectivity index (χ1n) is 6.85. The van der Waals surface area contributed by atoms with E-state index in [2.05, 4.69) is 43.4 Å². The average Bonchev–Trinajstić information content (AvgIpc) is 2.38. The van der Waals surface area contributed by atoms with Gasteiger partial charge in [-0.15, -0.1) is 0 Å². The van der Waals surface area contributed by atoms with Gasteiger partial charge in [-0.3, -0.25) is 4.79 Å². The number of rotatable bonds is 6. The van der Waals surface area contributed by atoms with Gasteiger partial charge in [0.2, 0.25) is 0 Å². The van der Waals surface area contributed by atoms with Crippen molar-refractivity contribution in [1.82, 2.24) is 5.32 Å². The Morgan fingerprint density at radius 3 is 2.16 bits per heavy atom. The lowest BCUT2D eigenvalue weighted by atomic mass is 10.0. The Hall–Kier alpha value is -1.35.